The summed E-state index contributed by atoms with van der Waals surface area (Å²) in [6.07, 6.45) is 5.53. The van der Waals surface area contributed by atoms with Crippen LogP contribution < -0.4 is 10.1 Å². The molecule has 6 heteroatoms. The van der Waals surface area contributed by atoms with E-state index < -0.39 is 0 Å². The van der Waals surface area contributed by atoms with Crippen LogP contribution in [-0.2, 0) is 6.54 Å². The quantitative estimate of drug-likeness (QED) is 0.783. The van der Waals surface area contributed by atoms with Gasteiger partial charge in [-0.3, -0.25) is 0 Å². The second-order valence-electron chi connectivity index (χ2n) is 4.87. The molecule has 0 spiro atoms. The summed E-state index contributed by atoms with van der Waals surface area (Å²) in [5, 5.41) is 7.56. The summed E-state index contributed by atoms with van der Waals surface area (Å²) in [6.45, 7) is 2.56. The molecule has 0 fully saturated rings. The van der Waals surface area contributed by atoms with E-state index in [2.05, 4.69) is 20.4 Å². The maximum absolute atomic E-state index is 5.23. The third-order valence-electron chi connectivity index (χ3n) is 3.20. The molecule has 0 aliphatic heterocycles. The Bertz CT molecular complexity index is 768. The number of aromatic nitrogens is 4. The van der Waals surface area contributed by atoms with E-state index in [4.69, 9.17) is 4.74 Å². The molecule has 2 heterocycles. The zero-order valence-electron chi connectivity index (χ0n) is 12.5. The van der Waals surface area contributed by atoms with Crippen LogP contribution in [0.1, 0.15) is 11.3 Å². The van der Waals surface area contributed by atoms with Crippen molar-refractivity contribution in [1.29, 1.82) is 0 Å². The Hall–Kier alpha value is -2.89. The molecule has 22 heavy (non-hydrogen) atoms. The van der Waals surface area contributed by atoms with Gasteiger partial charge in [0.25, 0.3) is 0 Å². The molecular weight excluding hydrogens is 278 g/mol. The first-order valence-corrected chi connectivity index (χ1v) is 6.96. The first kappa shape index (κ1) is 14.1. The minimum absolute atomic E-state index is 0.618. The van der Waals surface area contributed by atoms with Crippen molar-refractivity contribution in [3.63, 3.8) is 0 Å². The molecule has 1 aromatic carbocycles. The average molecular weight is 295 g/mol. The summed E-state index contributed by atoms with van der Waals surface area (Å²) in [6, 6.07) is 9.63. The van der Waals surface area contributed by atoms with Crippen molar-refractivity contribution in [2.24, 2.45) is 0 Å². The van der Waals surface area contributed by atoms with Gasteiger partial charge in [0.2, 0.25) is 5.95 Å². The Morgan fingerprint density at radius 1 is 1.27 bits per heavy atom. The highest BCUT2D eigenvalue weighted by atomic mass is 16.5. The van der Waals surface area contributed by atoms with E-state index in [-0.39, 0.29) is 0 Å². The Labute approximate surface area is 128 Å². The molecule has 0 bridgehead atoms. The lowest BCUT2D eigenvalue weighted by Gasteiger charge is -2.04. The lowest BCUT2D eigenvalue weighted by Crippen LogP contribution is -2.03. The molecular formula is C16H17N5O. The number of anilines is 1. The molecule has 0 saturated heterocycles. The van der Waals surface area contributed by atoms with Gasteiger partial charge in [0, 0.05) is 36.3 Å². The SMILES string of the molecule is COc1cccc(-n2cc(CNc3nccc(C)n3)cn2)c1. The maximum Gasteiger partial charge on any atom is 0.223 e. The van der Waals surface area contributed by atoms with E-state index >= 15 is 0 Å². The van der Waals surface area contributed by atoms with Gasteiger partial charge in [0.15, 0.2) is 0 Å². The van der Waals surface area contributed by atoms with E-state index in [0.717, 1.165) is 22.7 Å². The fraction of sp³-hybridized carbons (Fsp3) is 0.188. The summed E-state index contributed by atoms with van der Waals surface area (Å²) < 4.78 is 7.05. The van der Waals surface area contributed by atoms with Crippen LogP contribution in [0, 0.1) is 6.92 Å². The number of hydrogen-bond acceptors (Lipinski definition) is 5. The highest BCUT2D eigenvalue weighted by Crippen LogP contribution is 2.16. The first-order chi connectivity index (χ1) is 10.7. The van der Waals surface area contributed by atoms with E-state index in [1.165, 1.54) is 0 Å². The van der Waals surface area contributed by atoms with Crippen molar-refractivity contribution in [3.05, 3.63) is 60.2 Å². The lowest BCUT2D eigenvalue weighted by molar-refractivity contribution is 0.414. The predicted octanol–water partition coefficient (Wildman–Crippen LogP) is 2.59. The highest BCUT2D eigenvalue weighted by molar-refractivity contribution is 5.39. The predicted molar refractivity (Wildman–Crippen MR) is 84.2 cm³/mol. The monoisotopic (exact) mass is 295 g/mol. The van der Waals surface area contributed by atoms with Gasteiger partial charge in [0.05, 0.1) is 19.0 Å². The van der Waals surface area contributed by atoms with Crippen molar-refractivity contribution in [1.82, 2.24) is 19.7 Å². The molecule has 3 rings (SSSR count). The molecule has 0 unspecified atom stereocenters. The summed E-state index contributed by atoms with van der Waals surface area (Å²) >= 11 is 0. The fourth-order valence-corrected chi connectivity index (χ4v) is 2.06. The number of ether oxygens (including phenoxy) is 1. The first-order valence-electron chi connectivity index (χ1n) is 6.96. The van der Waals surface area contributed by atoms with Crippen molar-refractivity contribution in [2.75, 3.05) is 12.4 Å². The van der Waals surface area contributed by atoms with Crippen molar-refractivity contribution >= 4 is 5.95 Å². The maximum atomic E-state index is 5.23. The minimum Gasteiger partial charge on any atom is -0.497 e. The van der Waals surface area contributed by atoms with Crippen LogP contribution in [0.2, 0.25) is 0 Å². The minimum atomic E-state index is 0.618. The summed E-state index contributed by atoms with van der Waals surface area (Å²) in [5.41, 5.74) is 2.94. The normalized spacial score (nSPS) is 10.5. The second kappa shape index (κ2) is 6.26. The Balaban J connectivity index is 1.71. The molecule has 0 atom stereocenters. The molecule has 112 valence electrons. The number of methoxy groups -OCH3 is 1. The summed E-state index contributed by atoms with van der Waals surface area (Å²) in [4.78, 5) is 8.49. The van der Waals surface area contributed by atoms with Crippen LogP contribution >= 0.6 is 0 Å². The largest absolute Gasteiger partial charge is 0.497 e. The molecule has 0 aliphatic rings. The smallest absolute Gasteiger partial charge is 0.223 e. The van der Waals surface area contributed by atoms with Crippen LogP contribution in [0.4, 0.5) is 5.95 Å². The van der Waals surface area contributed by atoms with Gasteiger partial charge in [-0.2, -0.15) is 5.10 Å². The van der Waals surface area contributed by atoms with Gasteiger partial charge in [0.1, 0.15) is 5.75 Å². The number of benzene rings is 1. The molecule has 2 aromatic heterocycles. The molecule has 6 nitrogen and oxygen atoms in total. The van der Waals surface area contributed by atoms with Crippen molar-refractivity contribution in [2.45, 2.75) is 13.5 Å². The van der Waals surface area contributed by atoms with Crippen LogP contribution in [-0.4, -0.2) is 26.9 Å². The van der Waals surface area contributed by atoms with Crippen LogP contribution in [0.5, 0.6) is 5.75 Å². The standard InChI is InChI=1S/C16H17N5O/c1-12-6-7-17-16(20-12)18-9-13-10-19-21(11-13)14-4-3-5-15(8-14)22-2/h3-8,10-11H,9H2,1-2H3,(H,17,18,20). The van der Waals surface area contributed by atoms with Crippen LogP contribution in [0.25, 0.3) is 5.69 Å². The molecule has 0 amide bonds. The molecule has 3 aromatic rings. The molecule has 1 N–H and O–H groups in total. The van der Waals surface area contributed by atoms with Gasteiger partial charge in [-0.05, 0) is 25.1 Å². The average Bonchev–Trinajstić information content (AvgIpc) is 3.02. The number of aryl methyl sites for hydroxylation is 1. The third-order valence-corrected chi connectivity index (χ3v) is 3.20. The van der Waals surface area contributed by atoms with E-state index in [1.54, 1.807) is 13.3 Å². The van der Waals surface area contributed by atoms with Gasteiger partial charge in [-0.15, -0.1) is 0 Å². The molecule has 0 saturated carbocycles. The Kier molecular flexibility index (Phi) is 4.00. The van der Waals surface area contributed by atoms with Crippen LogP contribution in [0.15, 0.2) is 48.9 Å². The molecule has 0 aliphatic carbocycles. The van der Waals surface area contributed by atoms with Gasteiger partial charge >= 0.3 is 0 Å². The van der Waals surface area contributed by atoms with Crippen LogP contribution in [0.3, 0.4) is 0 Å². The number of hydrogen-bond donors (Lipinski definition) is 1. The van der Waals surface area contributed by atoms with Gasteiger partial charge in [-0.1, -0.05) is 6.07 Å². The van der Waals surface area contributed by atoms with Crippen molar-refractivity contribution < 1.29 is 4.74 Å². The summed E-state index contributed by atoms with van der Waals surface area (Å²) in [5.74, 6) is 1.43. The topological polar surface area (TPSA) is 64.9 Å². The fourth-order valence-electron chi connectivity index (χ4n) is 2.06. The van der Waals surface area contributed by atoms with Gasteiger partial charge in [-0.25, -0.2) is 14.6 Å². The Morgan fingerprint density at radius 2 is 2.18 bits per heavy atom. The highest BCUT2D eigenvalue weighted by Gasteiger charge is 2.03. The van der Waals surface area contributed by atoms with Gasteiger partial charge < -0.3 is 10.1 Å². The number of rotatable bonds is 5. The van der Waals surface area contributed by atoms with E-state index in [9.17, 15) is 0 Å². The second-order valence-corrected chi connectivity index (χ2v) is 4.87. The Morgan fingerprint density at radius 3 is 3.00 bits per heavy atom. The van der Waals surface area contributed by atoms with E-state index in [1.807, 2.05) is 54.3 Å². The summed E-state index contributed by atoms with van der Waals surface area (Å²) in [7, 11) is 1.65. The third kappa shape index (κ3) is 3.22. The number of nitrogens with one attached hydrogen (secondary N) is 1. The van der Waals surface area contributed by atoms with E-state index in [0.29, 0.717) is 12.5 Å². The van der Waals surface area contributed by atoms with Crippen molar-refractivity contribution in [3.8, 4) is 11.4 Å². The molecule has 0 radical (unpaired) electrons. The zero-order valence-corrected chi connectivity index (χ0v) is 12.5. The lowest BCUT2D eigenvalue weighted by atomic mass is 10.3. The zero-order chi connectivity index (χ0) is 15.4. The number of nitrogens with zero attached hydrogens (tertiary/aromatic N) is 4.